The van der Waals surface area contributed by atoms with Crippen LogP contribution in [0, 0.1) is 31.4 Å². The average molecular weight is 892 g/mol. The summed E-state index contributed by atoms with van der Waals surface area (Å²) in [6.07, 6.45) is 8.65. The second-order valence-corrected chi connectivity index (χ2v) is 15.2. The van der Waals surface area contributed by atoms with Gasteiger partial charge in [-0.05, 0) is 87.6 Å². The number of benzene rings is 5. The quantitative estimate of drug-likeness (QED) is 0.162. The summed E-state index contributed by atoms with van der Waals surface area (Å²) in [6.45, 7) is 10.9. The van der Waals surface area contributed by atoms with Crippen molar-refractivity contribution in [2.24, 2.45) is 5.41 Å². The normalized spacial score (nSPS) is 11.3. The smallest absolute Gasteiger partial charge is 0.128 e. The Morgan fingerprint density at radius 2 is 1.47 bits per heavy atom. The van der Waals surface area contributed by atoms with Gasteiger partial charge in [0.25, 0.3) is 0 Å². The topological polar surface area (TPSA) is 51.8 Å². The number of aryl methyl sites for hydroxylation is 2. The molecule has 0 saturated carbocycles. The largest absolute Gasteiger partial charge is 0.500 e. The van der Waals surface area contributed by atoms with Gasteiger partial charge in [-0.25, -0.2) is 0 Å². The molecule has 4 aromatic heterocycles. The standard InChI is InChI=1S/C33H21N2O.C17H20N.Ir/c1-21-17-28(25-10-5-9-23-13-15-34-20-30(23)25)33-29(18-21)26-11-6-12-27(32(26)36-33)31-19-24(14-16-35-31)22-7-3-2-4-8-22;1-13-5-8-15(9-6-13)16-10-7-14(12-18-16)11-17(2,3)4;/h2-11,13-20H,1H3;5-8,10,12H,11H2,1-4H3;/q2*-1;. The van der Waals surface area contributed by atoms with E-state index in [4.69, 9.17) is 9.40 Å². The molecule has 5 aromatic carbocycles. The van der Waals surface area contributed by atoms with Gasteiger partial charge in [-0.15, -0.1) is 53.6 Å². The maximum Gasteiger partial charge on any atom is 0.128 e. The fraction of sp³-hybridized carbons (Fsp3) is 0.140. The first-order chi connectivity index (χ1) is 26.2. The first kappa shape index (κ1) is 37.6. The molecule has 273 valence electrons. The Bertz CT molecular complexity index is 2720. The van der Waals surface area contributed by atoms with Gasteiger partial charge in [0.2, 0.25) is 0 Å². The molecule has 0 unspecified atom stereocenters. The molecule has 0 spiro atoms. The second kappa shape index (κ2) is 15.9. The average Bonchev–Trinajstić information content (AvgIpc) is 3.57. The number of hydrogen-bond acceptors (Lipinski definition) is 4. The Morgan fingerprint density at radius 1 is 0.618 bits per heavy atom. The second-order valence-electron chi connectivity index (χ2n) is 15.2. The fourth-order valence-electron chi connectivity index (χ4n) is 7.07. The predicted octanol–water partition coefficient (Wildman–Crippen LogP) is 13.1. The molecular weight excluding hydrogens is 851 g/mol. The van der Waals surface area contributed by atoms with E-state index in [1.165, 1.54) is 16.7 Å². The number of rotatable bonds is 5. The molecule has 5 heteroatoms. The van der Waals surface area contributed by atoms with Crippen LogP contribution in [0.25, 0.3) is 77.5 Å². The first-order valence-electron chi connectivity index (χ1n) is 18.4. The van der Waals surface area contributed by atoms with Crippen LogP contribution in [0.1, 0.15) is 37.5 Å². The third-order valence-electron chi connectivity index (χ3n) is 9.58. The zero-order valence-corrected chi connectivity index (χ0v) is 34.0. The molecule has 9 rings (SSSR count). The number of furan rings is 1. The minimum atomic E-state index is 0. The molecule has 0 saturated heterocycles. The van der Waals surface area contributed by atoms with Crippen LogP contribution in [0.4, 0.5) is 0 Å². The van der Waals surface area contributed by atoms with Gasteiger partial charge in [-0.3, -0.25) is 4.98 Å². The fourth-order valence-corrected chi connectivity index (χ4v) is 7.07. The van der Waals surface area contributed by atoms with Crippen molar-refractivity contribution in [3.8, 4) is 44.8 Å². The van der Waals surface area contributed by atoms with Crippen molar-refractivity contribution in [2.75, 3.05) is 0 Å². The van der Waals surface area contributed by atoms with E-state index < -0.39 is 0 Å². The molecule has 0 N–H and O–H groups in total. The maximum atomic E-state index is 6.68. The van der Waals surface area contributed by atoms with Crippen molar-refractivity contribution in [1.29, 1.82) is 0 Å². The van der Waals surface area contributed by atoms with Crippen LogP contribution in [-0.4, -0.2) is 15.0 Å². The van der Waals surface area contributed by atoms with Crippen LogP contribution < -0.4 is 0 Å². The molecule has 55 heavy (non-hydrogen) atoms. The molecule has 0 fully saturated rings. The van der Waals surface area contributed by atoms with E-state index in [-0.39, 0.29) is 20.1 Å². The third-order valence-corrected chi connectivity index (χ3v) is 9.58. The molecule has 0 bridgehead atoms. The summed E-state index contributed by atoms with van der Waals surface area (Å²) in [7, 11) is 0. The van der Waals surface area contributed by atoms with Crippen molar-refractivity contribution in [3.63, 3.8) is 0 Å². The van der Waals surface area contributed by atoms with Gasteiger partial charge in [0.15, 0.2) is 0 Å². The van der Waals surface area contributed by atoms with E-state index >= 15 is 0 Å². The summed E-state index contributed by atoms with van der Waals surface area (Å²) in [6, 6.07) is 48.4. The predicted molar refractivity (Wildman–Crippen MR) is 223 cm³/mol. The Balaban J connectivity index is 0.000000208. The summed E-state index contributed by atoms with van der Waals surface area (Å²) in [4.78, 5) is 13.6. The van der Waals surface area contributed by atoms with Crippen molar-refractivity contribution < 1.29 is 24.5 Å². The van der Waals surface area contributed by atoms with E-state index in [2.05, 4.69) is 136 Å². The van der Waals surface area contributed by atoms with Crippen molar-refractivity contribution >= 4 is 32.7 Å². The molecule has 0 aliphatic carbocycles. The summed E-state index contributed by atoms with van der Waals surface area (Å²) in [5.41, 5.74) is 13.9. The molecule has 4 heterocycles. The summed E-state index contributed by atoms with van der Waals surface area (Å²) in [5, 5.41) is 4.42. The maximum absolute atomic E-state index is 6.68. The first-order valence-corrected chi connectivity index (χ1v) is 18.4. The van der Waals surface area contributed by atoms with Crippen LogP contribution in [0.5, 0.6) is 0 Å². The van der Waals surface area contributed by atoms with Crippen LogP contribution in [-0.2, 0) is 26.5 Å². The van der Waals surface area contributed by atoms with Crippen LogP contribution >= 0.6 is 0 Å². The number of hydrogen-bond donors (Lipinski definition) is 0. The van der Waals surface area contributed by atoms with E-state index in [1.54, 1.807) is 0 Å². The van der Waals surface area contributed by atoms with Crippen molar-refractivity contribution in [3.05, 3.63) is 175 Å². The van der Waals surface area contributed by atoms with Crippen LogP contribution in [0.15, 0.2) is 151 Å². The Hall–Kier alpha value is -5.74. The van der Waals surface area contributed by atoms with Gasteiger partial charge in [0.05, 0.1) is 5.58 Å². The van der Waals surface area contributed by atoms with Crippen molar-refractivity contribution in [2.45, 2.75) is 41.0 Å². The monoisotopic (exact) mass is 892 g/mol. The van der Waals surface area contributed by atoms with E-state index in [0.717, 1.165) is 83.9 Å². The third kappa shape index (κ3) is 8.19. The van der Waals surface area contributed by atoms with Gasteiger partial charge in [0.1, 0.15) is 5.58 Å². The number of aromatic nitrogens is 3. The SMILES string of the molecule is Cc1c[c-]c(-c2ccc(CC(C)(C)C)cn2)cc1.Cc1cc(-c2cccc3ccncc23)c2oc3c(-c4cc(-c5ccccc5)ccn4)[c-]ccc3c2c1.[Ir]. The molecule has 9 aromatic rings. The summed E-state index contributed by atoms with van der Waals surface area (Å²) in [5.74, 6) is 0. The summed E-state index contributed by atoms with van der Waals surface area (Å²) >= 11 is 0. The zero-order chi connectivity index (χ0) is 37.2. The Labute approximate surface area is 336 Å². The van der Waals surface area contributed by atoms with Gasteiger partial charge in [-0.2, -0.15) is 0 Å². The van der Waals surface area contributed by atoms with Gasteiger partial charge in [0, 0.05) is 61.2 Å². The van der Waals surface area contributed by atoms with Gasteiger partial charge in [-0.1, -0.05) is 105 Å². The minimum Gasteiger partial charge on any atom is -0.500 e. The molecule has 0 atom stereocenters. The molecule has 4 nitrogen and oxygen atoms in total. The number of pyridine rings is 3. The number of nitrogens with zero attached hydrogens (tertiary/aromatic N) is 3. The van der Waals surface area contributed by atoms with E-state index in [0.29, 0.717) is 5.41 Å². The Kier molecular flexibility index (Phi) is 10.9. The van der Waals surface area contributed by atoms with Crippen LogP contribution in [0.2, 0.25) is 0 Å². The molecule has 0 aliphatic heterocycles. The molecule has 0 amide bonds. The zero-order valence-electron chi connectivity index (χ0n) is 31.6. The number of fused-ring (bicyclic) bond motifs is 4. The molecule has 1 radical (unpaired) electrons. The van der Waals surface area contributed by atoms with Crippen molar-refractivity contribution in [1.82, 2.24) is 15.0 Å². The van der Waals surface area contributed by atoms with E-state index in [1.807, 2.05) is 67.3 Å². The Morgan fingerprint density at radius 3 is 2.24 bits per heavy atom. The summed E-state index contributed by atoms with van der Waals surface area (Å²) < 4.78 is 6.68. The van der Waals surface area contributed by atoms with Gasteiger partial charge >= 0.3 is 0 Å². The molecular formula is C50H41IrN3O-2. The van der Waals surface area contributed by atoms with E-state index in [9.17, 15) is 0 Å². The van der Waals surface area contributed by atoms with Gasteiger partial charge < -0.3 is 14.4 Å². The minimum absolute atomic E-state index is 0. The molecule has 0 aliphatic rings. The van der Waals surface area contributed by atoms with Crippen LogP contribution in [0.3, 0.4) is 0 Å².